The molecule has 29 heavy (non-hydrogen) atoms. The van der Waals surface area contributed by atoms with Crippen molar-refractivity contribution < 1.29 is 14.3 Å². The van der Waals surface area contributed by atoms with E-state index >= 15 is 0 Å². The Balaban J connectivity index is 2.10. The zero-order valence-corrected chi connectivity index (χ0v) is 20.4. The number of hydrogen-bond acceptors (Lipinski definition) is 3. The summed E-state index contributed by atoms with van der Waals surface area (Å²) < 4.78 is 7.68. The van der Waals surface area contributed by atoms with Crippen molar-refractivity contribution in [3.8, 4) is 5.75 Å². The van der Waals surface area contributed by atoms with Crippen LogP contribution in [0, 0.1) is 3.57 Å². The second kappa shape index (κ2) is 12.2. The number of hydrogen-bond donors (Lipinski definition) is 1. The molecule has 0 aliphatic rings. The van der Waals surface area contributed by atoms with Gasteiger partial charge in [0.15, 0.2) is 6.61 Å². The van der Waals surface area contributed by atoms with E-state index in [-0.39, 0.29) is 18.4 Å². The van der Waals surface area contributed by atoms with Crippen LogP contribution in [0.3, 0.4) is 0 Å². The Kier molecular flexibility index (Phi) is 9.93. The van der Waals surface area contributed by atoms with Crippen molar-refractivity contribution in [2.24, 2.45) is 0 Å². The summed E-state index contributed by atoms with van der Waals surface area (Å²) in [6.07, 6.45) is 1.91. The lowest BCUT2D eigenvalue weighted by Crippen LogP contribution is -2.49. The number of nitrogens with one attached hydrogen (secondary N) is 1. The first-order chi connectivity index (χ1) is 13.9. The molecule has 0 heterocycles. The lowest BCUT2D eigenvalue weighted by molar-refractivity contribution is -0.142. The van der Waals surface area contributed by atoms with E-state index in [1.165, 1.54) is 0 Å². The molecule has 156 valence electrons. The molecule has 0 saturated heterocycles. The molecule has 0 aliphatic heterocycles. The summed E-state index contributed by atoms with van der Waals surface area (Å²) in [5.41, 5.74) is 0.940. The number of nitrogens with zero attached hydrogens (tertiary/aromatic N) is 1. The Morgan fingerprint density at radius 3 is 2.59 bits per heavy atom. The quantitative estimate of drug-likeness (QED) is 0.330. The average molecular weight is 573 g/mol. The minimum absolute atomic E-state index is 0.124. The highest BCUT2D eigenvalue weighted by atomic mass is 127. The average Bonchev–Trinajstić information content (AvgIpc) is 2.71. The minimum Gasteiger partial charge on any atom is -0.484 e. The number of ether oxygens (including phenoxy) is 1. The SMILES string of the molecule is CCCCNC(=O)C(C)N(Cc1cccc(Br)c1)C(=O)COc1ccc(I)cc1. The predicted molar refractivity (Wildman–Crippen MR) is 127 cm³/mol. The van der Waals surface area contributed by atoms with Gasteiger partial charge in [-0.3, -0.25) is 9.59 Å². The summed E-state index contributed by atoms with van der Waals surface area (Å²) in [7, 11) is 0. The largest absolute Gasteiger partial charge is 0.484 e. The molecule has 0 radical (unpaired) electrons. The summed E-state index contributed by atoms with van der Waals surface area (Å²) in [5.74, 6) is 0.235. The van der Waals surface area contributed by atoms with Crippen molar-refractivity contribution in [2.45, 2.75) is 39.3 Å². The Morgan fingerprint density at radius 1 is 1.21 bits per heavy atom. The fraction of sp³-hybridized carbons (Fsp3) is 0.364. The number of benzene rings is 2. The number of amides is 2. The molecule has 2 aromatic carbocycles. The van der Waals surface area contributed by atoms with Gasteiger partial charge < -0.3 is 15.0 Å². The van der Waals surface area contributed by atoms with Gasteiger partial charge in [0.2, 0.25) is 5.91 Å². The van der Waals surface area contributed by atoms with Gasteiger partial charge in [-0.05, 0) is 77.9 Å². The van der Waals surface area contributed by atoms with Crippen molar-refractivity contribution in [1.29, 1.82) is 0 Å². The predicted octanol–water partition coefficient (Wildman–Crippen LogP) is 4.77. The molecule has 2 rings (SSSR count). The van der Waals surface area contributed by atoms with Crippen LogP contribution in [0.5, 0.6) is 5.75 Å². The number of halogens is 2. The van der Waals surface area contributed by atoms with Crippen molar-refractivity contribution in [2.75, 3.05) is 13.2 Å². The highest BCUT2D eigenvalue weighted by molar-refractivity contribution is 14.1. The maximum atomic E-state index is 13.0. The summed E-state index contributed by atoms with van der Waals surface area (Å²) in [4.78, 5) is 27.1. The van der Waals surface area contributed by atoms with Gasteiger partial charge in [-0.15, -0.1) is 0 Å². The van der Waals surface area contributed by atoms with E-state index in [1.54, 1.807) is 11.8 Å². The fourth-order valence-electron chi connectivity index (χ4n) is 2.71. The molecule has 0 aliphatic carbocycles. The molecule has 0 saturated carbocycles. The molecule has 5 nitrogen and oxygen atoms in total. The molecule has 2 aromatic rings. The molecule has 1 atom stereocenters. The van der Waals surface area contributed by atoms with Gasteiger partial charge in [0.1, 0.15) is 11.8 Å². The monoisotopic (exact) mass is 572 g/mol. The zero-order valence-electron chi connectivity index (χ0n) is 16.7. The number of carbonyl (C=O) groups is 2. The fourth-order valence-corrected chi connectivity index (χ4v) is 3.52. The molecule has 0 bridgehead atoms. The van der Waals surface area contributed by atoms with E-state index in [2.05, 4.69) is 50.8 Å². The van der Waals surface area contributed by atoms with E-state index in [1.807, 2.05) is 48.5 Å². The van der Waals surface area contributed by atoms with Crippen LogP contribution in [0.2, 0.25) is 0 Å². The maximum absolute atomic E-state index is 13.0. The zero-order chi connectivity index (χ0) is 21.2. The summed E-state index contributed by atoms with van der Waals surface area (Å²) in [6, 6.07) is 14.6. The third kappa shape index (κ3) is 7.97. The third-order valence-corrected chi connectivity index (χ3v) is 5.63. The Hall–Kier alpha value is -1.61. The van der Waals surface area contributed by atoms with Crippen LogP contribution < -0.4 is 10.1 Å². The van der Waals surface area contributed by atoms with E-state index in [9.17, 15) is 9.59 Å². The van der Waals surface area contributed by atoms with Crippen LogP contribution >= 0.6 is 38.5 Å². The molecular formula is C22H26BrIN2O3. The molecule has 0 spiro atoms. The van der Waals surface area contributed by atoms with Gasteiger partial charge in [0.05, 0.1) is 0 Å². The van der Waals surface area contributed by atoms with E-state index < -0.39 is 6.04 Å². The van der Waals surface area contributed by atoms with Crippen molar-refractivity contribution in [3.63, 3.8) is 0 Å². The number of unbranched alkanes of at least 4 members (excludes halogenated alkanes) is 1. The first kappa shape index (κ1) is 23.7. The number of carbonyl (C=O) groups excluding carboxylic acids is 2. The highest BCUT2D eigenvalue weighted by Crippen LogP contribution is 2.17. The number of rotatable bonds is 10. The van der Waals surface area contributed by atoms with E-state index in [4.69, 9.17) is 4.74 Å². The Bertz CT molecular complexity index is 814. The minimum atomic E-state index is -0.598. The van der Waals surface area contributed by atoms with Crippen molar-refractivity contribution >= 4 is 50.3 Å². The van der Waals surface area contributed by atoms with Crippen LogP contribution in [-0.4, -0.2) is 35.9 Å². The van der Waals surface area contributed by atoms with Gasteiger partial charge in [0, 0.05) is 21.1 Å². The van der Waals surface area contributed by atoms with Crippen molar-refractivity contribution in [1.82, 2.24) is 10.2 Å². The van der Waals surface area contributed by atoms with E-state index in [0.29, 0.717) is 18.8 Å². The van der Waals surface area contributed by atoms with Gasteiger partial charge in [-0.2, -0.15) is 0 Å². The molecular weight excluding hydrogens is 547 g/mol. The molecule has 1 unspecified atom stereocenters. The first-order valence-electron chi connectivity index (χ1n) is 9.60. The van der Waals surface area contributed by atoms with Gasteiger partial charge in [0.25, 0.3) is 5.91 Å². The first-order valence-corrected chi connectivity index (χ1v) is 11.5. The molecule has 7 heteroatoms. The summed E-state index contributed by atoms with van der Waals surface area (Å²) in [5, 5.41) is 2.91. The van der Waals surface area contributed by atoms with Gasteiger partial charge in [-0.25, -0.2) is 0 Å². The van der Waals surface area contributed by atoms with Crippen molar-refractivity contribution in [3.05, 3.63) is 62.1 Å². The normalized spacial score (nSPS) is 11.6. The Morgan fingerprint density at radius 2 is 1.93 bits per heavy atom. The van der Waals surface area contributed by atoms with Crippen LogP contribution in [0.15, 0.2) is 53.0 Å². The molecule has 0 aromatic heterocycles. The van der Waals surface area contributed by atoms with Gasteiger partial charge >= 0.3 is 0 Å². The molecule has 2 amide bonds. The lowest BCUT2D eigenvalue weighted by Gasteiger charge is -2.28. The van der Waals surface area contributed by atoms with Crippen LogP contribution in [0.4, 0.5) is 0 Å². The Labute approximate surface area is 194 Å². The second-order valence-electron chi connectivity index (χ2n) is 6.71. The van der Waals surface area contributed by atoms with Crippen LogP contribution in [0.1, 0.15) is 32.3 Å². The van der Waals surface area contributed by atoms with Crippen LogP contribution in [0.25, 0.3) is 0 Å². The van der Waals surface area contributed by atoms with Gasteiger partial charge in [-0.1, -0.05) is 41.4 Å². The standard InChI is InChI=1S/C22H26BrIN2O3/c1-3-4-12-25-22(28)16(2)26(14-17-6-5-7-18(23)13-17)21(27)15-29-20-10-8-19(24)9-11-20/h5-11,13,16H,3-4,12,14-15H2,1-2H3,(H,25,28). The topological polar surface area (TPSA) is 58.6 Å². The lowest BCUT2D eigenvalue weighted by atomic mass is 10.1. The third-order valence-electron chi connectivity index (χ3n) is 4.41. The second-order valence-corrected chi connectivity index (χ2v) is 8.88. The summed E-state index contributed by atoms with van der Waals surface area (Å²) >= 11 is 5.67. The summed E-state index contributed by atoms with van der Waals surface area (Å²) in [6.45, 7) is 4.64. The molecule has 1 N–H and O–H groups in total. The highest BCUT2D eigenvalue weighted by Gasteiger charge is 2.26. The van der Waals surface area contributed by atoms with Crippen LogP contribution in [-0.2, 0) is 16.1 Å². The van der Waals surface area contributed by atoms with E-state index in [0.717, 1.165) is 26.4 Å². The molecule has 0 fully saturated rings. The smallest absolute Gasteiger partial charge is 0.261 e. The maximum Gasteiger partial charge on any atom is 0.261 e.